The first-order valence-electron chi connectivity index (χ1n) is 10.4. The highest BCUT2D eigenvalue weighted by molar-refractivity contribution is 6.10. The number of nitrogens with one attached hydrogen (secondary N) is 1. The molecule has 0 bridgehead atoms. The van der Waals surface area contributed by atoms with Crippen molar-refractivity contribution in [2.75, 3.05) is 40.4 Å². The number of rotatable bonds is 7. The van der Waals surface area contributed by atoms with Crippen LogP contribution in [0.15, 0.2) is 48.7 Å². The number of Topliss-reactive ketones (excluding diaryl/α,β-unsaturated/α-hetero) is 1. The lowest BCUT2D eigenvalue weighted by molar-refractivity contribution is 0.0687. The predicted octanol–water partition coefficient (Wildman–Crippen LogP) is 3.57. The third-order valence-corrected chi connectivity index (χ3v) is 6.07. The summed E-state index contributed by atoms with van der Waals surface area (Å²) in [6, 6.07) is 13.7. The molecule has 0 aliphatic carbocycles. The lowest BCUT2D eigenvalue weighted by Gasteiger charge is -2.37. The van der Waals surface area contributed by atoms with E-state index in [1.807, 2.05) is 55.6 Å². The molecule has 1 atom stereocenters. The molecule has 1 aliphatic heterocycles. The lowest BCUT2D eigenvalue weighted by Crippen LogP contribution is -2.51. The fourth-order valence-corrected chi connectivity index (χ4v) is 4.22. The van der Waals surface area contributed by atoms with Crippen LogP contribution in [0.1, 0.15) is 22.8 Å². The first kappa shape index (κ1) is 20.4. The minimum atomic E-state index is -0.141. The van der Waals surface area contributed by atoms with Crippen molar-refractivity contribution in [2.45, 2.75) is 19.5 Å². The molecule has 30 heavy (non-hydrogen) atoms. The number of hydrogen-bond acceptors (Lipinski definition) is 5. The van der Waals surface area contributed by atoms with Crippen LogP contribution in [0.25, 0.3) is 10.9 Å². The number of ketones is 1. The molecular formula is C24H29N3O3. The molecule has 2 aromatic carbocycles. The molecule has 0 spiro atoms. The van der Waals surface area contributed by atoms with E-state index in [9.17, 15) is 4.79 Å². The van der Waals surface area contributed by atoms with Crippen LogP contribution in [0, 0.1) is 0 Å². The van der Waals surface area contributed by atoms with Crippen LogP contribution in [0.5, 0.6) is 11.5 Å². The molecule has 1 fully saturated rings. The minimum absolute atomic E-state index is 0.141. The Morgan fingerprint density at radius 1 is 1.07 bits per heavy atom. The quantitative estimate of drug-likeness (QED) is 0.607. The van der Waals surface area contributed by atoms with E-state index in [1.54, 1.807) is 14.2 Å². The Morgan fingerprint density at radius 3 is 2.57 bits per heavy atom. The largest absolute Gasteiger partial charge is 0.497 e. The van der Waals surface area contributed by atoms with E-state index in [1.165, 1.54) is 0 Å². The molecular weight excluding hydrogens is 378 g/mol. The number of methoxy groups -OCH3 is 2. The van der Waals surface area contributed by atoms with Crippen LogP contribution >= 0.6 is 0 Å². The highest BCUT2D eigenvalue weighted by Gasteiger charge is 2.28. The Labute approximate surface area is 177 Å². The average Bonchev–Trinajstić information content (AvgIpc) is 3.22. The van der Waals surface area contributed by atoms with Crippen molar-refractivity contribution in [3.8, 4) is 11.5 Å². The van der Waals surface area contributed by atoms with E-state index in [2.05, 4.69) is 14.8 Å². The smallest absolute Gasteiger partial charge is 0.181 e. The molecule has 0 amide bonds. The number of nitrogens with zero attached hydrogens (tertiary/aromatic N) is 2. The van der Waals surface area contributed by atoms with Gasteiger partial charge in [-0.15, -0.1) is 0 Å². The van der Waals surface area contributed by atoms with E-state index < -0.39 is 0 Å². The maximum atomic E-state index is 13.1. The number of H-pyrrole nitrogens is 1. The molecule has 0 radical (unpaired) electrons. The maximum Gasteiger partial charge on any atom is 0.181 e. The number of carbonyl (C=O) groups is 1. The van der Waals surface area contributed by atoms with Crippen LogP contribution < -0.4 is 9.47 Å². The molecule has 0 saturated carbocycles. The number of carbonyl (C=O) groups excluding carboxylic acids is 1. The van der Waals surface area contributed by atoms with Crippen molar-refractivity contribution in [3.05, 3.63) is 59.8 Å². The Morgan fingerprint density at radius 2 is 1.83 bits per heavy atom. The van der Waals surface area contributed by atoms with E-state index in [-0.39, 0.29) is 11.8 Å². The molecule has 158 valence electrons. The van der Waals surface area contributed by atoms with Gasteiger partial charge in [0, 0.05) is 61.0 Å². The Bertz CT molecular complexity index is 1020. The summed E-state index contributed by atoms with van der Waals surface area (Å²) in [6.45, 7) is 6.37. The summed E-state index contributed by atoms with van der Waals surface area (Å²) in [4.78, 5) is 21.0. The average molecular weight is 408 g/mol. The molecule has 3 aromatic rings. The summed E-state index contributed by atoms with van der Waals surface area (Å²) in [5.41, 5.74) is 2.90. The summed E-state index contributed by atoms with van der Waals surface area (Å²) in [7, 11) is 3.37. The zero-order valence-corrected chi connectivity index (χ0v) is 17.9. The fraction of sp³-hybridized carbons (Fsp3) is 0.375. The fourth-order valence-electron chi connectivity index (χ4n) is 4.22. The topological polar surface area (TPSA) is 57.8 Å². The third-order valence-electron chi connectivity index (χ3n) is 6.07. The molecule has 2 heterocycles. The van der Waals surface area contributed by atoms with Crippen LogP contribution in [-0.4, -0.2) is 67.0 Å². The van der Waals surface area contributed by atoms with E-state index >= 15 is 0 Å². The zero-order valence-electron chi connectivity index (χ0n) is 17.9. The first-order valence-corrected chi connectivity index (χ1v) is 10.4. The number of benzene rings is 2. The van der Waals surface area contributed by atoms with Crippen molar-refractivity contribution in [1.29, 1.82) is 0 Å². The molecule has 1 N–H and O–H groups in total. The number of aromatic amines is 1. The molecule has 1 aromatic heterocycles. The molecule has 6 heteroatoms. The molecule has 1 unspecified atom stereocenters. The predicted molar refractivity (Wildman–Crippen MR) is 118 cm³/mol. The van der Waals surface area contributed by atoms with Crippen molar-refractivity contribution in [2.24, 2.45) is 0 Å². The molecule has 1 saturated heterocycles. The normalized spacial score (nSPS) is 16.5. The van der Waals surface area contributed by atoms with Gasteiger partial charge in [0.25, 0.3) is 0 Å². The van der Waals surface area contributed by atoms with Gasteiger partial charge in [0.15, 0.2) is 5.78 Å². The first-order chi connectivity index (χ1) is 14.6. The van der Waals surface area contributed by atoms with Crippen LogP contribution in [0.2, 0.25) is 0 Å². The summed E-state index contributed by atoms with van der Waals surface area (Å²) < 4.78 is 10.9. The maximum absolute atomic E-state index is 13.1. The Balaban J connectivity index is 1.39. The summed E-state index contributed by atoms with van der Waals surface area (Å²) in [5.74, 6) is 1.89. The molecule has 1 aliphatic rings. The number of para-hydroxylation sites is 1. The third kappa shape index (κ3) is 4.06. The van der Waals surface area contributed by atoms with Crippen molar-refractivity contribution in [3.63, 3.8) is 0 Å². The van der Waals surface area contributed by atoms with Gasteiger partial charge in [-0.05, 0) is 31.2 Å². The number of piperazine rings is 1. The van der Waals surface area contributed by atoms with Crippen LogP contribution in [-0.2, 0) is 6.54 Å². The number of aromatic nitrogens is 1. The van der Waals surface area contributed by atoms with Gasteiger partial charge in [-0.2, -0.15) is 0 Å². The second kappa shape index (κ2) is 8.90. The van der Waals surface area contributed by atoms with Crippen molar-refractivity contribution < 1.29 is 14.3 Å². The highest BCUT2D eigenvalue weighted by Crippen LogP contribution is 2.26. The van der Waals surface area contributed by atoms with Gasteiger partial charge in [-0.3, -0.25) is 14.6 Å². The molecule has 4 rings (SSSR count). The van der Waals surface area contributed by atoms with Gasteiger partial charge in [-0.25, -0.2) is 0 Å². The number of ether oxygens (including phenoxy) is 2. The van der Waals surface area contributed by atoms with Gasteiger partial charge >= 0.3 is 0 Å². The zero-order chi connectivity index (χ0) is 21.1. The number of hydrogen-bond donors (Lipinski definition) is 1. The minimum Gasteiger partial charge on any atom is -0.497 e. The van der Waals surface area contributed by atoms with Crippen LogP contribution in [0.4, 0.5) is 0 Å². The SMILES string of the molecule is COc1ccc(OC)c(CN2CCN(C(C)C(=O)c3c[nH]c4ccccc34)CC2)c1. The van der Waals surface area contributed by atoms with Gasteiger partial charge in [0.05, 0.1) is 20.3 Å². The van der Waals surface area contributed by atoms with Gasteiger partial charge < -0.3 is 14.5 Å². The van der Waals surface area contributed by atoms with Gasteiger partial charge in [-0.1, -0.05) is 18.2 Å². The van der Waals surface area contributed by atoms with E-state index in [0.29, 0.717) is 0 Å². The molecule has 6 nitrogen and oxygen atoms in total. The standard InChI is InChI=1S/C24H29N3O3/c1-17(24(28)21-15-25-22-7-5-4-6-20(21)22)27-12-10-26(11-13-27)16-18-14-19(29-2)8-9-23(18)30-3/h4-9,14-15,17,25H,10-13,16H2,1-3H3. The highest BCUT2D eigenvalue weighted by atomic mass is 16.5. The second-order valence-corrected chi connectivity index (χ2v) is 7.78. The number of fused-ring (bicyclic) bond motifs is 1. The van der Waals surface area contributed by atoms with Gasteiger partial charge in [0.2, 0.25) is 0 Å². The Hall–Kier alpha value is -2.83. The van der Waals surface area contributed by atoms with Crippen molar-refractivity contribution >= 4 is 16.7 Å². The summed E-state index contributed by atoms with van der Waals surface area (Å²) in [5, 5.41) is 0.998. The monoisotopic (exact) mass is 407 g/mol. The second-order valence-electron chi connectivity index (χ2n) is 7.78. The van der Waals surface area contributed by atoms with Gasteiger partial charge in [0.1, 0.15) is 11.5 Å². The summed E-state index contributed by atoms with van der Waals surface area (Å²) >= 11 is 0. The Kier molecular flexibility index (Phi) is 6.06. The van der Waals surface area contributed by atoms with E-state index in [4.69, 9.17) is 9.47 Å². The lowest BCUT2D eigenvalue weighted by atomic mass is 10.0. The summed E-state index contributed by atoms with van der Waals surface area (Å²) in [6.07, 6.45) is 1.84. The van der Waals surface area contributed by atoms with Crippen LogP contribution in [0.3, 0.4) is 0 Å². The van der Waals surface area contributed by atoms with E-state index in [0.717, 1.165) is 66.3 Å². The van der Waals surface area contributed by atoms with Crippen molar-refractivity contribution in [1.82, 2.24) is 14.8 Å².